The Balaban J connectivity index is 0.000000175. The van der Waals surface area contributed by atoms with Crippen molar-refractivity contribution in [2.75, 3.05) is 0 Å². The Morgan fingerprint density at radius 1 is 0.705 bits per heavy atom. The summed E-state index contributed by atoms with van der Waals surface area (Å²) in [6.45, 7) is 18.3. The SMILES string of the molecule is CC(C)(C)c1c[c-]c2c(c1)-c1cc(C(C)(C)C)ccc1C2.CC(C)([C](=[Zr+2])Cc1ccccc1)c1ccccc1.[C-]1=CC=CC1. The molecular formula is C43H48Zr. The van der Waals surface area contributed by atoms with Crippen LogP contribution in [0.25, 0.3) is 11.1 Å². The molecule has 0 N–H and O–H groups in total. The third-order valence-electron chi connectivity index (χ3n) is 8.59. The third-order valence-corrected chi connectivity index (χ3v) is 10.6. The van der Waals surface area contributed by atoms with Crippen molar-refractivity contribution < 1.29 is 24.2 Å². The van der Waals surface area contributed by atoms with Gasteiger partial charge >= 0.3 is 125 Å². The van der Waals surface area contributed by atoms with Gasteiger partial charge in [-0.1, -0.05) is 76.3 Å². The molecule has 1 heteroatoms. The smallest absolute Gasteiger partial charge is 0.109 e. The summed E-state index contributed by atoms with van der Waals surface area (Å²) in [6.07, 6.45) is 12.1. The van der Waals surface area contributed by atoms with E-state index in [-0.39, 0.29) is 16.2 Å². The summed E-state index contributed by atoms with van der Waals surface area (Å²) in [7, 11) is 0. The summed E-state index contributed by atoms with van der Waals surface area (Å²) in [6, 6.07) is 36.6. The maximum absolute atomic E-state index is 3.53. The first-order valence-electron chi connectivity index (χ1n) is 15.8. The molecule has 0 fully saturated rings. The molecule has 44 heavy (non-hydrogen) atoms. The van der Waals surface area contributed by atoms with Gasteiger partial charge in [-0.05, 0) is 17.4 Å². The van der Waals surface area contributed by atoms with Gasteiger partial charge in [0.25, 0.3) is 0 Å². The molecule has 6 rings (SSSR count). The molecule has 0 heterocycles. The predicted molar refractivity (Wildman–Crippen MR) is 187 cm³/mol. The van der Waals surface area contributed by atoms with Crippen molar-refractivity contribution in [3.8, 4) is 11.1 Å². The zero-order valence-corrected chi connectivity index (χ0v) is 30.5. The molecule has 4 aromatic rings. The van der Waals surface area contributed by atoms with Crippen LogP contribution >= 0.6 is 0 Å². The van der Waals surface area contributed by atoms with E-state index in [1.165, 1.54) is 68.7 Å². The molecule has 0 spiro atoms. The molecular weight excluding hydrogens is 608 g/mol. The fourth-order valence-corrected chi connectivity index (χ4v) is 6.23. The minimum absolute atomic E-state index is 0.162. The number of hydrogen-bond acceptors (Lipinski definition) is 0. The van der Waals surface area contributed by atoms with E-state index in [2.05, 4.69) is 165 Å². The topological polar surface area (TPSA) is 0 Å². The quantitative estimate of drug-likeness (QED) is 0.169. The number of hydrogen-bond donors (Lipinski definition) is 0. The fraction of sp³-hybridized carbons (Fsp3) is 0.326. The van der Waals surface area contributed by atoms with Crippen LogP contribution in [0.15, 0.2) is 109 Å². The average molecular weight is 656 g/mol. The van der Waals surface area contributed by atoms with E-state index in [0.717, 1.165) is 19.3 Å². The average Bonchev–Trinajstić information content (AvgIpc) is 3.69. The Bertz CT molecular complexity index is 1530. The second kappa shape index (κ2) is 14.5. The van der Waals surface area contributed by atoms with Crippen molar-refractivity contribution in [3.05, 3.63) is 155 Å². The summed E-state index contributed by atoms with van der Waals surface area (Å²) in [5.74, 6) is 0. The van der Waals surface area contributed by atoms with Gasteiger partial charge in [0.15, 0.2) is 0 Å². The van der Waals surface area contributed by atoms with Crippen LogP contribution in [0.3, 0.4) is 0 Å². The minimum Gasteiger partial charge on any atom is -0.273 e. The largest absolute Gasteiger partial charge is 0.273 e. The van der Waals surface area contributed by atoms with Crippen molar-refractivity contribution >= 4 is 3.21 Å². The molecule has 224 valence electrons. The number of rotatable bonds is 4. The summed E-state index contributed by atoms with van der Waals surface area (Å²) in [5, 5.41) is 0. The second-order valence-electron chi connectivity index (χ2n) is 14.5. The zero-order valence-electron chi connectivity index (χ0n) is 28.0. The molecule has 2 aliphatic carbocycles. The maximum Gasteiger partial charge on any atom is -0.109 e. The van der Waals surface area contributed by atoms with Gasteiger partial charge in [0.1, 0.15) is 0 Å². The van der Waals surface area contributed by atoms with Crippen LogP contribution in [0.5, 0.6) is 0 Å². The fourth-order valence-electron chi connectivity index (χ4n) is 5.37. The van der Waals surface area contributed by atoms with Gasteiger partial charge < -0.3 is 0 Å². The van der Waals surface area contributed by atoms with Crippen LogP contribution in [-0.2, 0) is 53.3 Å². The van der Waals surface area contributed by atoms with E-state index < -0.39 is 0 Å². The van der Waals surface area contributed by atoms with E-state index in [1.807, 2.05) is 12.2 Å². The van der Waals surface area contributed by atoms with Gasteiger partial charge in [0.2, 0.25) is 0 Å². The van der Waals surface area contributed by atoms with Gasteiger partial charge in [-0.3, -0.25) is 6.08 Å². The molecule has 2 aliphatic rings. The number of fused-ring (bicyclic) bond motifs is 3. The van der Waals surface area contributed by atoms with Crippen molar-refractivity contribution in [2.24, 2.45) is 0 Å². The summed E-state index contributed by atoms with van der Waals surface area (Å²) in [5.41, 5.74) is 11.7. The minimum atomic E-state index is 0.162. The Kier molecular flexibility index (Phi) is 11.2. The molecule has 0 atom stereocenters. The molecule has 0 aliphatic heterocycles. The first-order chi connectivity index (χ1) is 20.8. The Morgan fingerprint density at radius 3 is 1.86 bits per heavy atom. The van der Waals surface area contributed by atoms with Gasteiger partial charge in [0.05, 0.1) is 0 Å². The summed E-state index contributed by atoms with van der Waals surface area (Å²) >= 11 is 1.53. The van der Waals surface area contributed by atoms with Crippen LogP contribution < -0.4 is 0 Å². The molecule has 0 saturated heterocycles. The standard InChI is InChI=1S/C21H25.C17H18.C5H5.Zr/c1-20(2,3)16-9-7-14-11-15-8-10-17(21(4,5)6)13-19(15)18(14)12-16;1-17(2,16-11-7-4-8-12-16)14-13-15-9-5-3-6-10-15;1-2-4-5-3-1;/h7,9-10,12-13H,11H2,1-6H3;3-12H,13H2,1-2H3;1-3H,4H2;/q-1;;-1;+2. The first-order valence-corrected chi connectivity index (χ1v) is 17.1. The zero-order chi connectivity index (χ0) is 32.0. The van der Waals surface area contributed by atoms with Crippen molar-refractivity contribution in [1.29, 1.82) is 0 Å². The maximum atomic E-state index is 3.53. The van der Waals surface area contributed by atoms with Crippen LogP contribution in [0.4, 0.5) is 0 Å². The van der Waals surface area contributed by atoms with Gasteiger partial charge in [0, 0.05) is 0 Å². The second-order valence-corrected chi connectivity index (χ2v) is 15.9. The predicted octanol–water partition coefficient (Wildman–Crippen LogP) is 10.9. The van der Waals surface area contributed by atoms with E-state index in [1.54, 1.807) is 3.21 Å². The molecule has 0 unspecified atom stereocenters. The van der Waals surface area contributed by atoms with Gasteiger partial charge in [-0.2, -0.15) is 35.4 Å². The number of allylic oxidation sites excluding steroid dienone is 4. The molecule has 0 amide bonds. The molecule has 0 nitrogen and oxygen atoms in total. The first kappa shape index (κ1) is 34.0. The third kappa shape index (κ3) is 8.85. The number of benzene rings is 4. The Hall–Kier alpha value is -2.89. The van der Waals surface area contributed by atoms with E-state index in [0.29, 0.717) is 0 Å². The van der Waals surface area contributed by atoms with Gasteiger partial charge in [-0.25, -0.2) is 12.2 Å². The van der Waals surface area contributed by atoms with E-state index in [4.69, 9.17) is 0 Å². The molecule has 4 aromatic carbocycles. The molecule has 0 radical (unpaired) electrons. The van der Waals surface area contributed by atoms with E-state index in [9.17, 15) is 0 Å². The van der Waals surface area contributed by atoms with Crippen molar-refractivity contribution in [2.45, 2.75) is 90.9 Å². The molecule has 0 saturated carbocycles. The normalized spacial score (nSPS) is 13.3. The summed E-state index contributed by atoms with van der Waals surface area (Å²) in [4.78, 5) is 0. The molecule has 0 aromatic heterocycles. The van der Waals surface area contributed by atoms with Crippen molar-refractivity contribution in [3.63, 3.8) is 0 Å². The molecule has 0 bridgehead atoms. The van der Waals surface area contributed by atoms with E-state index >= 15 is 0 Å². The van der Waals surface area contributed by atoms with Crippen molar-refractivity contribution in [1.82, 2.24) is 0 Å². The van der Waals surface area contributed by atoms with Gasteiger partial charge in [-0.15, -0.1) is 12.0 Å². The summed E-state index contributed by atoms with van der Waals surface area (Å²) < 4.78 is 1.59. The van der Waals surface area contributed by atoms with Crippen LogP contribution in [-0.4, -0.2) is 3.21 Å². The van der Waals surface area contributed by atoms with Crippen LogP contribution in [0.2, 0.25) is 0 Å². The monoisotopic (exact) mass is 654 g/mol. The van der Waals surface area contributed by atoms with Crippen LogP contribution in [0.1, 0.15) is 95.2 Å². The Labute approximate surface area is 282 Å². The Morgan fingerprint density at radius 2 is 1.32 bits per heavy atom. The van der Waals surface area contributed by atoms with Crippen LogP contribution in [0, 0.1) is 12.1 Å².